The van der Waals surface area contributed by atoms with E-state index < -0.39 is 18.0 Å². The predicted molar refractivity (Wildman–Crippen MR) is 69.6 cm³/mol. The molecule has 20 heavy (non-hydrogen) atoms. The number of hydrogen-bond donors (Lipinski definition) is 3. The van der Waals surface area contributed by atoms with Crippen LogP contribution < -0.4 is 10.6 Å². The zero-order valence-corrected chi connectivity index (χ0v) is 11.4. The van der Waals surface area contributed by atoms with Crippen molar-refractivity contribution in [3.63, 3.8) is 0 Å². The fourth-order valence-corrected chi connectivity index (χ4v) is 2.19. The molecule has 1 saturated carbocycles. The van der Waals surface area contributed by atoms with Gasteiger partial charge < -0.3 is 10.4 Å². The number of carbonyl (C=O) groups is 2. The number of aromatic nitrogens is 3. The molecule has 1 fully saturated rings. The van der Waals surface area contributed by atoms with Crippen molar-refractivity contribution in [1.82, 2.24) is 25.6 Å². The van der Waals surface area contributed by atoms with Crippen molar-refractivity contribution in [2.24, 2.45) is 0 Å². The van der Waals surface area contributed by atoms with Crippen molar-refractivity contribution in [3.05, 3.63) is 11.9 Å². The van der Waals surface area contributed by atoms with Gasteiger partial charge in [0, 0.05) is 6.04 Å². The number of aliphatic hydroxyl groups excluding tert-OH is 1. The number of nitrogens with zero attached hydrogens (tertiary/aromatic N) is 3. The zero-order valence-electron chi connectivity index (χ0n) is 11.4. The molecule has 1 aromatic rings. The second kappa shape index (κ2) is 6.47. The number of rotatable bonds is 4. The molecule has 0 radical (unpaired) electrons. The molecule has 2 rings (SSSR count). The summed E-state index contributed by atoms with van der Waals surface area (Å²) < 4.78 is 1.28. The number of amides is 3. The first-order valence-corrected chi connectivity index (χ1v) is 6.73. The van der Waals surface area contributed by atoms with Gasteiger partial charge in [-0.05, 0) is 19.8 Å². The van der Waals surface area contributed by atoms with Gasteiger partial charge in [-0.2, -0.15) is 0 Å². The van der Waals surface area contributed by atoms with Gasteiger partial charge in [-0.1, -0.05) is 18.1 Å². The normalized spacial score (nSPS) is 16.9. The third-order valence-electron chi connectivity index (χ3n) is 3.23. The van der Waals surface area contributed by atoms with Crippen LogP contribution in [0, 0.1) is 0 Å². The van der Waals surface area contributed by atoms with Gasteiger partial charge in [0.1, 0.15) is 12.2 Å². The van der Waals surface area contributed by atoms with E-state index in [1.165, 1.54) is 10.9 Å². The molecule has 0 saturated heterocycles. The minimum atomic E-state index is -0.738. The molecule has 110 valence electrons. The topological polar surface area (TPSA) is 109 Å². The monoisotopic (exact) mass is 281 g/mol. The van der Waals surface area contributed by atoms with Crippen molar-refractivity contribution in [2.45, 2.75) is 51.3 Å². The van der Waals surface area contributed by atoms with E-state index in [9.17, 15) is 14.7 Å². The minimum absolute atomic E-state index is 0.113. The Bertz CT molecular complexity index is 479. The highest BCUT2D eigenvalue weighted by molar-refractivity contribution is 5.94. The molecule has 1 aromatic heterocycles. The molecular formula is C12H19N5O3. The maximum absolute atomic E-state index is 11.7. The highest BCUT2D eigenvalue weighted by atomic mass is 16.3. The first kappa shape index (κ1) is 14.4. The lowest BCUT2D eigenvalue weighted by Crippen LogP contribution is -2.44. The summed E-state index contributed by atoms with van der Waals surface area (Å²) in [7, 11) is 0. The van der Waals surface area contributed by atoms with Gasteiger partial charge in [0.05, 0.1) is 12.3 Å². The summed E-state index contributed by atoms with van der Waals surface area (Å²) >= 11 is 0. The molecule has 0 aromatic carbocycles. The van der Waals surface area contributed by atoms with Crippen LogP contribution in [0.15, 0.2) is 6.20 Å². The van der Waals surface area contributed by atoms with Crippen molar-refractivity contribution in [2.75, 3.05) is 0 Å². The minimum Gasteiger partial charge on any atom is -0.387 e. The number of carbonyl (C=O) groups excluding carboxylic acids is 2. The van der Waals surface area contributed by atoms with Gasteiger partial charge in [0.25, 0.3) is 0 Å². The molecule has 3 N–H and O–H groups in total. The summed E-state index contributed by atoms with van der Waals surface area (Å²) in [5.74, 6) is -0.470. The van der Waals surface area contributed by atoms with E-state index in [4.69, 9.17) is 0 Å². The molecule has 0 bridgehead atoms. The number of urea groups is 1. The summed E-state index contributed by atoms with van der Waals surface area (Å²) in [4.78, 5) is 23.2. The van der Waals surface area contributed by atoms with Crippen molar-refractivity contribution < 1.29 is 14.7 Å². The van der Waals surface area contributed by atoms with Crippen LogP contribution in [0.5, 0.6) is 0 Å². The maximum atomic E-state index is 11.7. The van der Waals surface area contributed by atoms with Gasteiger partial charge in [-0.25, -0.2) is 9.48 Å². The molecule has 8 nitrogen and oxygen atoms in total. The SMILES string of the molecule is CC(O)c1cn(CC(=O)NC(=O)NC2CCCC2)nn1. The lowest BCUT2D eigenvalue weighted by molar-refractivity contribution is -0.120. The average Bonchev–Trinajstić information content (AvgIpc) is 2.99. The predicted octanol–water partition coefficient (Wildman–Crippen LogP) is 0.0998. The van der Waals surface area contributed by atoms with Crippen molar-refractivity contribution >= 4 is 11.9 Å². The van der Waals surface area contributed by atoms with Gasteiger partial charge in [0.15, 0.2) is 0 Å². The average molecular weight is 281 g/mol. The second-order valence-electron chi connectivity index (χ2n) is 5.02. The van der Waals surface area contributed by atoms with Gasteiger partial charge >= 0.3 is 6.03 Å². The molecule has 1 aliphatic carbocycles. The van der Waals surface area contributed by atoms with E-state index >= 15 is 0 Å². The highest BCUT2D eigenvalue weighted by Crippen LogP contribution is 2.17. The van der Waals surface area contributed by atoms with Crippen LogP contribution >= 0.6 is 0 Å². The first-order chi connectivity index (χ1) is 9.54. The van der Waals surface area contributed by atoms with Crippen LogP contribution in [0.25, 0.3) is 0 Å². The van der Waals surface area contributed by atoms with Gasteiger partial charge in [-0.15, -0.1) is 5.10 Å². The summed E-state index contributed by atoms with van der Waals surface area (Å²) in [6.45, 7) is 1.45. The Hall–Kier alpha value is -1.96. The lowest BCUT2D eigenvalue weighted by Gasteiger charge is -2.12. The molecule has 1 heterocycles. The summed E-state index contributed by atoms with van der Waals surface area (Å²) in [6.07, 6.45) is 4.88. The fourth-order valence-electron chi connectivity index (χ4n) is 2.19. The van der Waals surface area contributed by atoms with E-state index in [-0.39, 0.29) is 12.6 Å². The number of hydrogen-bond acceptors (Lipinski definition) is 5. The number of aliphatic hydroxyl groups is 1. The van der Waals surface area contributed by atoms with Crippen LogP contribution in [0.4, 0.5) is 4.79 Å². The molecule has 1 aliphatic rings. The zero-order chi connectivity index (χ0) is 14.5. The summed E-state index contributed by atoms with van der Waals surface area (Å²) in [5, 5.41) is 21.7. The van der Waals surface area contributed by atoms with Crippen LogP contribution in [-0.2, 0) is 11.3 Å². The Morgan fingerprint density at radius 2 is 2.20 bits per heavy atom. The van der Waals surface area contributed by atoms with E-state index in [0.717, 1.165) is 25.7 Å². The fraction of sp³-hybridized carbons (Fsp3) is 0.667. The maximum Gasteiger partial charge on any atom is 0.321 e. The molecule has 1 unspecified atom stereocenters. The van der Waals surface area contributed by atoms with Crippen molar-refractivity contribution in [1.29, 1.82) is 0 Å². The smallest absolute Gasteiger partial charge is 0.321 e. The molecule has 0 aliphatic heterocycles. The molecule has 8 heteroatoms. The second-order valence-corrected chi connectivity index (χ2v) is 5.02. The van der Waals surface area contributed by atoms with Gasteiger partial charge in [0.2, 0.25) is 5.91 Å². The quantitative estimate of drug-likeness (QED) is 0.725. The van der Waals surface area contributed by atoms with E-state index in [1.54, 1.807) is 6.92 Å². The third-order valence-corrected chi connectivity index (χ3v) is 3.23. The molecular weight excluding hydrogens is 262 g/mol. The molecule has 0 spiro atoms. The number of imide groups is 1. The van der Waals surface area contributed by atoms with Crippen LogP contribution in [0.1, 0.15) is 44.4 Å². The van der Waals surface area contributed by atoms with Crippen LogP contribution in [0.2, 0.25) is 0 Å². The van der Waals surface area contributed by atoms with E-state index in [2.05, 4.69) is 20.9 Å². The summed E-state index contributed by atoms with van der Waals surface area (Å²) in [5.41, 5.74) is 0.383. The van der Waals surface area contributed by atoms with E-state index in [0.29, 0.717) is 5.69 Å². The molecule has 3 amide bonds. The third kappa shape index (κ3) is 4.02. The van der Waals surface area contributed by atoms with Gasteiger partial charge in [-0.3, -0.25) is 10.1 Å². The van der Waals surface area contributed by atoms with Crippen LogP contribution in [-0.4, -0.2) is 38.1 Å². The Morgan fingerprint density at radius 1 is 1.50 bits per heavy atom. The Kier molecular flexibility index (Phi) is 4.67. The molecule has 1 atom stereocenters. The Morgan fingerprint density at radius 3 is 2.80 bits per heavy atom. The first-order valence-electron chi connectivity index (χ1n) is 6.73. The Balaban J connectivity index is 1.77. The van der Waals surface area contributed by atoms with Crippen LogP contribution in [0.3, 0.4) is 0 Å². The van der Waals surface area contributed by atoms with Crippen molar-refractivity contribution in [3.8, 4) is 0 Å². The highest BCUT2D eigenvalue weighted by Gasteiger charge is 2.18. The largest absolute Gasteiger partial charge is 0.387 e. The number of nitrogens with one attached hydrogen (secondary N) is 2. The standard InChI is InChI=1S/C12H19N5O3/c1-8(18)10-6-17(16-15-10)7-11(19)14-12(20)13-9-4-2-3-5-9/h6,8-9,18H,2-5,7H2,1H3,(H2,13,14,19,20). The lowest BCUT2D eigenvalue weighted by atomic mass is 10.2. The Labute approximate surface area is 116 Å². The van der Waals surface area contributed by atoms with E-state index in [1.807, 2.05) is 0 Å². The summed E-state index contributed by atoms with van der Waals surface area (Å²) in [6, 6.07) is -0.311.